The maximum absolute atomic E-state index is 2.35. The van der Waals surface area contributed by atoms with E-state index in [0.717, 1.165) is 0 Å². The third kappa shape index (κ3) is 7.83. The predicted octanol–water partition coefficient (Wildman–Crippen LogP) is 1.46. The number of hydrogen-bond donors (Lipinski definition) is 0. The molecule has 0 aliphatic rings. The van der Waals surface area contributed by atoms with Crippen LogP contribution in [0.15, 0.2) is 48.5 Å². The Hall–Kier alpha value is 0.163. The molecule has 2 aromatic rings. The summed E-state index contributed by atoms with van der Waals surface area (Å²) >= 11 is 0. The Labute approximate surface area is 200 Å². The van der Waals surface area contributed by atoms with Gasteiger partial charge in [0, 0.05) is 0 Å². The second-order valence-corrected chi connectivity index (χ2v) is 8.20. The second-order valence-electron chi connectivity index (χ2n) is 8.20. The first-order valence-corrected chi connectivity index (χ1v) is 9.66. The third-order valence-corrected chi connectivity index (χ3v) is 6.66. The first-order valence-electron chi connectivity index (χ1n) is 9.66. The Bertz CT molecular complexity index is 505. The van der Waals surface area contributed by atoms with Crippen molar-refractivity contribution in [2.75, 3.05) is 0 Å². The van der Waals surface area contributed by atoms with Crippen molar-refractivity contribution >= 4 is 0 Å². The van der Waals surface area contributed by atoms with Gasteiger partial charge in [-0.15, -0.1) is 0 Å². The zero-order valence-corrected chi connectivity index (χ0v) is 22.4. The summed E-state index contributed by atoms with van der Waals surface area (Å²) in [6.07, 6.45) is 2.43. The summed E-state index contributed by atoms with van der Waals surface area (Å²) < 4.78 is 0. The van der Waals surface area contributed by atoms with Crippen molar-refractivity contribution in [2.24, 2.45) is 11.8 Å². The van der Waals surface area contributed by atoms with Gasteiger partial charge >= 0.3 is 26.2 Å². The van der Waals surface area contributed by atoms with Crippen LogP contribution in [-0.2, 0) is 37.0 Å². The van der Waals surface area contributed by atoms with Gasteiger partial charge in [0.1, 0.15) is 0 Å². The second kappa shape index (κ2) is 14.2. The SMILES string of the molecule is CCC(C)([c-]1cccc1)C(C)C.CCC(C)([c-]1cccc1)C(C)C.[Cl-].[Cl-].[Zr+4]. The summed E-state index contributed by atoms with van der Waals surface area (Å²) in [4.78, 5) is 0. The minimum absolute atomic E-state index is 0. The van der Waals surface area contributed by atoms with Gasteiger partial charge in [0.05, 0.1) is 0 Å². The van der Waals surface area contributed by atoms with E-state index in [1.807, 2.05) is 0 Å². The molecule has 2 aromatic carbocycles. The summed E-state index contributed by atoms with van der Waals surface area (Å²) in [5.41, 5.74) is 3.70. The van der Waals surface area contributed by atoms with Gasteiger partial charge in [-0.3, -0.25) is 0 Å². The molecule has 2 rings (SSSR count). The van der Waals surface area contributed by atoms with E-state index in [2.05, 4.69) is 104 Å². The minimum Gasteiger partial charge on any atom is -1.00 e. The standard InChI is InChI=1S/2C12H19.2ClH.Zr/c2*1-5-12(4,10(2)3)11-8-6-7-9-11;;;/h2*6-10H,5H2,1-4H3;2*1H;/q2*-1;;;+4/p-2. The van der Waals surface area contributed by atoms with Gasteiger partial charge in [0.2, 0.25) is 0 Å². The Kier molecular flexibility index (Phi) is 16.7. The van der Waals surface area contributed by atoms with Crippen LogP contribution in [0, 0.1) is 11.8 Å². The first kappa shape index (κ1) is 31.8. The van der Waals surface area contributed by atoms with Gasteiger partial charge in [-0.1, -0.05) is 79.1 Å². The summed E-state index contributed by atoms with van der Waals surface area (Å²) in [5.74, 6) is 1.43. The molecular weight excluding hydrogens is 450 g/mol. The minimum atomic E-state index is 0. The van der Waals surface area contributed by atoms with Crippen LogP contribution >= 0.6 is 0 Å². The van der Waals surface area contributed by atoms with Gasteiger partial charge in [-0.25, -0.2) is 24.3 Å². The van der Waals surface area contributed by atoms with E-state index >= 15 is 0 Å². The van der Waals surface area contributed by atoms with Crippen LogP contribution in [-0.4, -0.2) is 0 Å². The normalized spacial score (nSPS) is 14.6. The van der Waals surface area contributed by atoms with Crippen LogP contribution in [0.3, 0.4) is 0 Å². The van der Waals surface area contributed by atoms with Gasteiger partial charge in [0.15, 0.2) is 0 Å². The van der Waals surface area contributed by atoms with E-state index in [1.165, 1.54) is 24.0 Å². The Morgan fingerprint density at radius 1 is 0.630 bits per heavy atom. The molecule has 152 valence electrons. The molecule has 0 saturated heterocycles. The van der Waals surface area contributed by atoms with E-state index in [0.29, 0.717) is 22.7 Å². The van der Waals surface area contributed by atoms with Crippen molar-refractivity contribution in [3.05, 3.63) is 59.7 Å². The molecule has 0 saturated carbocycles. The molecule has 0 aliphatic carbocycles. The Morgan fingerprint density at radius 2 is 0.852 bits per heavy atom. The quantitative estimate of drug-likeness (QED) is 0.541. The summed E-state index contributed by atoms with van der Waals surface area (Å²) in [6, 6.07) is 17.5. The zero-order chi connectivity index (χ0) is 18.4. The number of rotatable bonds is 6. The van der Waals surface area contributed by atoms with Gasteiger partial charge in [-0.2, -0.15) is 35.4 Å². The van der Waals surface area contributed by atoms with E-state index < -0.39 is 0 Å². The number of hydrogen-bond acceptors (Lipinski definition) is 0. The zero-order valence-electron chi connectivity index (χ0n) is 18.4. The molecule has 0 aromatic heterocycles. The number of halogens is 2. The first-order chi connectivity index (χ1) is 11.2. The fourth-order valence-corrected chi connectivity index (χ4v) is 3.40. The van der Waals surface area contributed by atoms with Gasteiger partial charge in [0.25, 0.3) is 0 Å². The summed E-state index contributed by atoms with van der Waals surface area (Å²) in [5, 5.41) is 0. The summed E-state index contributed by atoms with van der Waals surface area (Å²) in [7, 11) is 0. The maximum Gasteiger partial charge on any atom is 4.00 e. The van der Waals surface area contributed by atoms with E-state index in [1.54, 1.807) is 0 Å². The topological polar surface area (TPSA) is 0 Å². The average Bonchev–Trinajstić information content (AvgIpc) is 3.26. The van der Waals surface area contributed by atoms with E-state index in [9.17, 15) is 0 Å². The van der Waals surface area contributed by atoms with E-state index in [4.69, 9.17) is 0 Å². The van der Waals surface area contributed by atoms with Crippen LogP contribution in [0.1, 0.15) is 79.4 Å². The molecule has 2 atom stereocenters. The average molecular weight is 489 g/mol. The molecule has 0 amide bonds. The van der Waals surface area contributed by atoms with Gasteiger partial charge < -0.3 is 24.8 Å². The third-order valence-electron chi connectivity index (χ3n) is 6.66. The van der Waals surface area contributed by atoms with Crippen LogP contribution in [0.25, 0.3) is 0 Å². The molecule has 0 nitrogen and oxygen atoms in total. The van der Waals surface area contributed by atoms with Crippen molar-refractivity contribution in [1.82, 2.24) is 0 Å². The summed E-state index contributed by atoms with van der Waals surface area (Å²) in [6.45, 7) is 18.5. The molecule has 0 N–H and O–H groups in total. The van der Waals surface area contributed by atoms with E-state index in [-0.39, 0.29) is 51.0 Å². The molecule has 0 spiro atoms. The molecular formula is C24H38Cl2Zr. The van der Waals surface area contributed by atoms with Gasteiger partial charge in [-0.05, 0) is 11.8 Å². The van der Waals surface area contributed by atoms with Crippen molar-refractivity contribution < 1.29 is 51.0 Å². The molecule has 2 unspecified atom stereocenters. The molecule has 0 bridgehead atoms. The molecule has 0 heterocycles. The van der Waals surface area contributed by atoms with Crippen LogP contribution in [0.2, 0.25) is 0 Å². The molecule has 3 heteroatoms. The fraction of sp³-hybridized carbons (Fsp3) is 0.583. The fourth-order valence-electron chi connectivity index (χ4n) is 3.40. The molecule has 0 aliphatic heterocycles. The van der Waals surface area contributed by atoms with Crippen molar-refractivity contribution in [3.8, 4) is 0 Å². The maximum atomic E-state index is 2.35. The Balaban J connectivity index is -0.000000384. The van der Waals surface area contributed by atoms with Crippen molar-refractivity contribution in [3.63, 3.8) is 0 Å². The van der Waals surface area contributed by atoms with Crippen LogP contribution in [0.4, 0.5) is 0 Å². The molecule has 27 heavy (non-hydrogen) atoms. The monoisotopic (exact) mass is 486 g/mol. The predicted molar refractivity (Wildman–Crippen MR) is 109 cm³/mol. The van der Waals surface area contributed by atoms with Crippen LogP contribution < -0.4 is 24.8 Å². The smallest absolute Gasteiger partial charge is 1.00 e. The molecule has 0 fully saturated rings. The van der Waals surface area contributed by atoms with Crippen molar-refractivity contribution in [2.45, 2.75) is 79.1 Å². The van der Waals surface area contributed by atoms with Crippen molar-refractivity contribution in [1.29, 1.82) is 0 Å². The largest absolute Gasteiger partial charge is 4.00 e. The molecule has 0 radical (unpaired) electrons. The van der Waals surface area contributed by atoms with Crippen LogP contribution in [0.5, 0.6) is 0 Å². The Morgan fingerprint density at radius 3 is 1.00 bits per heavy atom.